The van der Waals surface area contributed by atoms with Crippen LogP contribution >= 0.6 is 35.0 Å². The Hall–Kier alpha value is -1.56. The summed E-state index contributed by atoms with van der Waals surface area (Å²) in [6.45, 7) is 5.01. The summed E-state index contributed by atoms with van der Waals surface area (Å²) in [6.07, 6.45) is 0.876. The molecule has 144 valence electrons. The third kappa shape index (κ3) is 4.48. The number of ether oxygens (including phenoxy) is 2. The van der Waals surface area contributed by atoms with Crippen LogP contribution in [0.1, 0.15) is 31.2 Å². The van der Waals surface area contributed by atoms with Gasteiger partial charge in [-0.1, -0.05) is 30.1 Å². The molecule has 0 N–H and O–H groups in total. The summed E-state index contributed by atoms with van der Waals surface area (Å²) in [4.78, 5) is 14.3. The molecule has 2 aromatic carbocycles. The van der Waals surface area contributed by atoms with Crippen LogP contribution in [-0.4, -0.2) is 24.9 Å². The molecule has 0 unspecified atom stereocenters. The second kappa shape index (κ2) is 9.09. The van der Waals surface area contributed by atoms with Crippen LogP contribution in [0, 0.1) is 0 Å². The Morgan fingerprint density at radius 2 is 1.89 bits per heavy atom. The molecule has 1 atom stereocenters. The van der Waals surface area contributed by atoms with Gasteiger partial charge in [-0.15, -0.1) is 11.8 Å². The lowest BCUT2D eigenvalue weighted by atomic mass is 10.1. The van der Waals surface area contributed by atoms with Crippen molar-refractivity contribution in [1.29, 1.82) is 0 Å². The van der Waals surface area contributed by atoms with Crippen molar-refractivity contribution in [2.75, 3.05) is 23.9 Å². The van der Waals surface area contributed by atoms with Gasteiger partial charge in [-0.25, -0.2) is 0 Å². The molecule has 7 heteroatoms. The third-order valence-corrected chi connectivity index (χ3v) is 5.79. The summed E-state index contributed by atoms with van der Waals surface area (Å²) in [5.41, 5.74) is 1.71. The number of benzene rings is 2. The first kappa shape index (κ1) is 20.2. The Labute approximate surface area is 173 Å². The van der Waals surface area contributed by atoms with Crippen molar-refractivity contribution in [3.8, 4) is 11.5 Å². The van der Waals surface area contributed by atoms with E-state index in [1.807, 2.05) is 38.1 Å². The van der Waals surface area contributed by atoms with E-state index in [2.05, 4.69) is 0 Å². The van der Waals surface area contributed by atoms with Gasteiger partial charge in [0.2, 0.25) is 5.91 Å². The number of anilines is 1. The van der Waals surface area contributed by atoms with Crippen LogP contribution in [0.15, 0.2) is 36.4 Å². The molecule has 27 heavy (non-hydrogen) atoms. The maximum absolute atomic E-state index is 12.5. The lowest BCUT2D eigenvalue weighted by molar-refractivity contribution is -0.115. The summed E-state index contributed by atoms with van der Waals surface area (Å²) in [7, 11) is 0. The number of hydrogen-bond donors (Lipinski definition) is 0. The fourth-order valence-corrected chi connectivity index (χ4v) is 4.45. The highest BCUT2D eigenvalue weighted by atomic mass is 35.5. The van der Waals surface area contributed by atoms with Crippen LogP contribution in [0.2, 0.25) is 10.0 Å². The van der Waals surface area contributed by atoms with Gasteiger partial charge in [0.25, 0.3) is 0 Å². The number of carbonyl (C=O) groups is 1. The van der Waals surface area contributed by atoms with Gasteiger partial charge < -0.3 is 9.47 Å². The number of nitrogens with zero attached hydrogens (tertiary/aromatic N) is 1. The van der Waals surface area contributed by atoms with E-state index in [1.165, 1.54) is 0 Å². The number of carbonyl (C=O) groups excluding carboxylic acids is 1. The van der Waals surface area contributed by atoms with Crippen LogP contribution in [0.3, 0.4) is 0 Å². The van der Waals surface area contributed by atoms with E-state index in [1.54, 1.807) is 28.8 Å². The second-order valence-electron chi connectivity index (χ2n) is 6.01. The molecule has 0 bridgehead atoms. The minimum Gasteiger partial charge on any atom is -0.490 e. The number of halogens is 2. The Morgan fingerprint density at radius 1 is 1.15 bits per heavy atom. The molecule has 3 rings (SSSR count). The second-order valence-corrected chi connectivity index (χ2v) is 7.93. The molecule has 0 spiro atoms. The molecule has 2 aromatic rings. The molecular weight excluding hydrogens is 405 g/mol. The molecular formula is C20H21Cl2NO3S. The van der Waals surface area contributed by atoms with Crippen LogP contribution in [0.5, 0.6) is 11.5 Å². The predicted octanol–water partition coefficient (Wildman–Crippen LogP) is 5.96. The van der Waals surface area contributed by atoms with Crippen molar-refractivity contribution in [2.24, 2.45) is 0 Å². The average Bonchev–Trinajstić information content (AvgIpc) is 3.03. The maximum Gasteiger partial charge on any atom is 0.238 e. The molecule has 1 fully saturated rings. The van der Waals surface area contributed by atoms with Crippen molar-refractivity contribution in [2.45, 2.75) is 25.6 Å². The van der Waals surface area contributed by atoms with E-state index in [0.29, 0.717) is 40.5 Å². The molecule has 1 saturated heterocycles. The maximum atomic E-state index is 12.5. The highest BCUT2D eigenvalue weighted by Gasteiger charge is 2.35. The number of rotatable bonds is 7. The number of thioether (sulfide) groups is 1. The van der Waals surface area contributed by atoms with Crippen molar-refractivity contribution in [3.63, 3.8) is 0 Å². The third-order valence-electron chi connectivity index (χ3n) is 4.04. The summed E-state index contributed by atoms with van der Waals surface area (Å²) in [5, 5.41) is 0.935. The SMILES string of the molecule is CCCOc1c(Cl)cc([C@@H]2SCC(=O)N2c2ccc(Cl)cc2)cc1OCC. The molecule has 0 aromatic heterocycles. The minimum absolute atomic E-state index is 0.0488. The van der Waals surface area contributed by atoms with Crippen LogP contribution in [-0.2, 0) is 4.79 Å². The lowest BCUT2D eigenvalue weighted by Gasteiger charge is -2.25. The van der Waals surface area contributed by atoms with E-state index >= 15 is 0 Å². The molecule has 0 saturated carbocycles. The number of hydrogen-bond acceptors (Lipinski definition) is 4. The zero-order valence-electron chi connectivity index (χ0n) is 15.2. The van der Waals surface area contributed by atoms with Gasteiger partial charge in [0.05, 0.1) is 24.0 Å². The molecule has 1 aliphatic heterocycles. The van der Waals surface area contributed by atoms with Gasteiger partial charge in [-0.05, 0) is 55.3 Å². The molecule has 4 nitrogen and oxygen atoms in total. The normalized spacial score (nSPS) is 16.7. The van der Waals surface area contributed by atoms with Crippen molar-refractivity contribution >= 4 is 46.6 Å². The van der Waals surface area contributed by atoms with E-state index in [-0.39, 0.29) is 11.3 Å². The van der Waals surface area contributed by atoms with Crippen molar-refractivity contribution < 1.29 is 14.3 Å². The van der Waals surface area contributed by atoms with Gasteiger partial charge in [0.15, 0.2) is 11.5 Å². The van der Waals surface area contributed by atoms with Crippen molar-refractivity contribution in [1.82, 2.24) is 0 Å². The Morgan fingerprint density at radius 3 is 2.56 bits per heavy atom. The van der Waals surface area contributed by atoms with Gasteiger partial charge in [0.1, 0.15) is 5.37 Å². The first-order valence-corrected chi connectivity index (χ1v) is 10.6. The van der Waals surface area contributed by atoms with Gasteiger partial charge in [-0.3, -0.25) is 9.69 Å². The topological polar surface area (TPSA) is 38.8 Å². The van der Waals surface area contributed by atoms with Crippen LogP contribution in [0.4, 0.5) is 5.69 Å². The van der Waals surface area contributed by atoms with E-state index in [4.69, 9.17) is 32.7 Å². The summed E-state index contributed by atoms with van der Waals surface area (Å²) in [5.74, 6) is 1.61. The molecule has 0 aliphatic carbocycles. The quantitative estimate of drug-likeness (QED) is 0.548. The van der Waals surface area contributed by atoms with Gasteiger partial charge in [-0.2, -0.15) is 0 Å². The van der Waals surface area contributed by atoms with Crippen LogP contribution < -0.4 is 14.4 Å². The monoisotopic (exact) mass is 425 g/mol. The Bertz CT molecular complexity index is 814. The molecule has 0 radical (unpaired) electrons. The van der Waals surface area contributed by atoms with E-state index in [0.717, 1.165) is 17.7 Å². The van der Waals surface area contributed by atoms with E-state index in [9.17, 15) is 4.79 Å². The fourth-order valence-electron chi connectivity index (χ4n) is 2.89. The fraction of sp³-hybridized carbons (Fsp3) is 0.350. The van der Waals surface area contributed by atoms with Crippen LogP contribution in [0.25, 0.3) is 0 Å². The van der Waals surface area contributed by atoms with Gasteiger partial charge >= 0.3 is 0 Å². The summed E-state index contributed by atoms with van der Waals surface area (Å²) < 4.78 is 11.5. The Balaban J connectivity index is 1.98. The van der Waals surface area contributed by atoms with Gasteiger partial charge in [0, 0.05) is 10.7 Å². The molecule has 1 heterocycles. The molecule has 1 aliphatic rings. The zero-order valence-corrected chi connectivity index (χ0v) is 17.5. The Kier molecular flexibility index (Phi) is 6.79. The highest BCUT2D eigenvalue weighted by molar-refractivity contribution is 8.00. The number of amides is 1. The summed E-state index contributed by atoms with van der Waals surface area (Å²) in [6, 6.07) is 11.0. The average molecular weight is 426 g/mol. The standard InChI is InChI=1S/C20H21Cl2NO3S/c1-3-9-26-19-16(22)10-13(11-17(19)25-4-2)20-23(18(24)12-27-20)15-7-5-14(21)6-8-15/h5-8,10-11,20H,3-4,9,12H2,1-2H3/t20-/m0/s1. The first-order valence-electron chi connectivity index (χ1n) is 8.83. The zero-order chi connectivity index (χ0) is 19.4. The largest absolute Gasteiger partial charge is 0.490 e. The van der Waals surface area contributed by atoms with Crippen molar-refractivity contribution in [3.05, 3.63) is 52.0 Å². The smallest absolute Gasteiger partial charge is 0.238 e. The first-order chi connectivity index (χ1) is 13.0. The minimum atomic E-state index is -0.185. The highest BCUT2D eigenvalue weighted by Crippen LogP contribution is 2.46. The van der Waals surface area contributed by atoms with E-state index < -0.39 is 0 Å². The summed E-state index contributed by atoms with van der Waals surface area (Å²) >= 11 is 14.0. The predicted molar refractivity (Wildman–Crippen MR) is 113 cm³/mol. The lowest BCUT2D eigenvalue weighted by Crippen LogP contribution is -2.27. The molecule has 1 amide bonds.